The minimum Gasteiger partial charge on any atom is -0.487 e. The van der Waals surface area contributed by atoms with E-state index in [1.54, 1.807) is 0 Å². The Hall–Kier alpha value is -0.803. The fraction of sp³-hybridized carbons (Fsp3) is 0.571. The van der Waals surface area contributed by atoms with Crippen LogP contribution in [0.4, 0.5) is 0 Å². The summed E-state index contributed by atoms with van der Waals surface area (Å²) >= 11 is 0. The molecule has 0 radical (unpaired) electrons. The van der Waals surface area contributed by atoms with Crippen molar-refractivity contribution in [3.8, 4) is 5.75 Å². The molecule has 1 N–H and O–H groups in total. The van der Waals surface area contributed by atoms with Gasteiger partial charge in [0.2, 0.25) is 0 Å². The molecule has 3 heteroatoms. The Kier molecular flexibility index (Phi) is 4.63. The van der Waals surface area contributed by atoms with E-state index in [0.29, 0.717) is 5.92 Å². The summed E-state index contributed by atoms with van der Waals surface area (Å²) in [6.07, 6.45) is 4.03. The van der Waals surface area contributed by atoms with Crippen LogP contribution in [0.3, 0.4) is 0 Å². The van der Waals surface area contributed by atoms with E-state index in [2.05, 4.69) is 0 Å². The first-order chi connectivity index (χ1) is 8.31. The van der Waals surface area contributed by atoms with Gasteiger partial charge in [0.1, 0.15) is 11.9 Å². The molecule has 0 aromatic heterocycles. The molecule has 0 amide bonds. The molecule has 17 heavy (non-hydrogen) atoms. The van der Waals surface area contributed by atoms with E-state index in [4.69, 9.17) is 4.74 Å². The summed E-state index contributed by atoms with van der Waals surface area (Å²) in [5.74, 6) is 1.39. The van der Waals surface area contributed by atoms with E-state index >= 15 is 0 Å². The highest BCUT2D eigenvalue weighted by atomic mass is 28.1. The summed E-state index contributed by atoms with van der Waals surface area (Å²) in [5, 5.41) is 10.1. The number of aliphatic hydroxyl groups is 1. The lowest BCUT2D eigenvalue weighted by Crippen LogP contribution is -2.41. The molecule has 2 nitrogen and oxygen atoms in total. The molecule has 2 rings (SSSR count). The molecule has 0 saturated heterocycles. The lowest BCUT2D eigenvalue weighted by Gasteiger charge is -2.35. The lowest BCUT2D eigenvalue weighted by molar-refractivity contribution is -0.0296. The second-order valence-corrected chi connectivity index (χ2v) is 5.50. The highest BCUT2D eigenvalue weighted by molar-refractivity contribution is 6.08. The summed E-state index contributed by atoms with van der Waals surface area (Å²) in [7, 11) is 2.00. The van der Waals surface area contributed by atoms with Crippen LogP contribution in [0.25, 0.3) is 0 Å². The van der Waals surface area contributed by atoms with Gasteiger partial charge in [-0.3, -0.25) is 0 Å². The standard InChI is InChI=1S/C14H21O2Si/c15-13-8-4-5-11(9-10-17)14(13)16-12-6-2-1-3-7-12/h1-3,6-7,11,13-15H,4-5,8-10,17H2/q+1. The van der Waals surface area contributed by atoms with Gasteiger partial charge >= 0.3 is 0 Å². The molecule has 1 saturated carbocycles. The number of hydrogen-bond acceptors (Lipinski definition) is 2. The first-order valence-electron chi connectivity index (χ1n) is 6.50. The van der Waals surface area contributed by atoms with Crippen LogP contribution >= 0.6 is 0 Å². The molecule has 0 aliphatic heterocycles. The molecule has 3 unspecified atom stereocenters. The Morgan fingerprint density at radius 3 is 2.71 bits per heavy atom. The Morgan fingerprint density at radius 1 is 1.24 bits per heavy atom. The van der Waals surface area contributed by atoms with Crippen molar-refractivity contribution in [1.82, 2.24) is 0 Å². The molecule has 0 bridgehead atoms. The van der Waals surface area contributed by atoms with Gasteiger partial charge in [-0.05, 0) is 31.4 Å². The van der Waals surface area contributed by atoms with Crippen molar-refractivity contribution in [1.29, 1.82) is 0 Å². The zero-order valence-electron chi connectivity index (χ0n) is 10.2. The number of hydrogen-bond donors (Lipinski definition) is 1. The van der Waals surface area contributed by atoms with Gasteiger partial charge in [0.25, 0.3) is 10.2 Å². The average molecular weight is 249 g/mol. The monoisotopic (exact) mass is 249 g/mol. The third-order valence-electron chi connectivity index (χ3n) is 3.51. The van der Waals surface area contributed by atoms with Gasteiger partial charge in [-0.25, -0.2) is 0 Å². The van der Waals surface area contributed by atoms with Crippen LogP contribution in [0.5, 0.6) is 5.75 Å². The average Bonchev–Trinajstić information content (AvgIpc) is 2.35. The molecule has 1 fully saturated rings. The maximum Gasteiger partial charge on any atom is 0.283 e. The van der Waals surface area contributed by atoms with Gasteiger partial charge < -0.3 is 9.84 Å². The minimum absolute atomic E-state index is 0.0177. The van der Waals surface area contributed by atoms with E-state index in [0.717, 1.165) is 25.0 Å². The number of rotatable bonds is 4. The van der Waals surface area contributed by atoms with Crippen LogP contribution in [0.15, 0.2) is 30.3 Å². The third-order valence-corrected chi connectivity index (χ3v) is 3.92. The molecule has 3 atom stereocenters. The van der Waals surface area contributed by atoms with E-state index in [1.165, 1.54) is 12.5 Å². The highest BCUT2D eigenvalue weighted by Crippen LogP contribution is 2.31. The molecular formula is C14H21O2Si+. The van der Waals surface area contributed by atoms with Gasteiger partial charge in [-0.15, -0.1) is 0 Å². The summed E-state index contributed by atoms with van der Waals surface area (Å²) in [6.45, 7) is 0. The molecule has 1 aromatic carbocycles. The Bertz CT molecular complexity index is 326. The van der Waals surface area contributed by atoms with Gasteiger partial charge in [0.05, 0.1) is 12.1 Å². The normalized spacial score (nSPS) is 28.9. The van der Waals surface area contributed by atoms with Crippen LogP contribution in [-0.2, 0) is 0 Å². The van der Waals surface area contributed by atoms with Gasteiger partial charge in [0.15, 0.2) is 0 Å². The van der Waals surface area contributed by atoms with E-state index in [9.17, 15) is 5.11 Å². The van der Waals surface area contributed by atoms with E-state index < -0.39 is 0 Å². The first-order valence-corrected chi connectivity index (χ1v) is 7.50. The van der Waals surface area contributed by atoms with Crippen molar-refractivity contribution >= 4 is 10.2 Å². The molecule has 0 spiro atoms. The first kappa shape index (κ1) is 12.6. The second kappa shape index (κ2) is 6.22. The van der Waals surface area contributed by atoms with Crippen molar-refractivity contribution in [3.05, 3.63) is 30.3 Å². The van der Waals surface area contributed by atoms with Gasteiger partial charge in [-0.1, -0.05) is 24.6 Å². The fourth-order valence-electron chi connectivity index (χ4n) is 2.63. The maximum absolute atomic E-state index is 10.1. The molecule has 1 aliphatic carbocycles. The van der Waals surface area contributed by atoms with Crippen LogP contribution in [0.1, 0.15) is 25.7 Å². The topological polar surface area (TPSA) is 29.5 Å². The second-order valence-electron chi connectivity index (χ2n) is 4.80. The summed E-state index contributed by atoms with van der Waals surface area (Å²) in [5.41, 5.74) is 0. The van der Waals surface area contributed by atoms with Crippen molar-refractivity contribution in [3.63, 3.8) is 0 Å². The summed E-state index contributed by atoms with van der Waals surface area (Å²) in [4.78, 5) is 0. The van der Waals surface area contributed by atoms with Crippen molar-refractivity contribution in [2.24, 2.45) is 5.92 Å². The number of ether oxygens (including phenoxy) is 1. The molecular weight excluding hydrogens is 228 g/mol. The largest absolute Gasteiger partial charge is 0.487 e. The van der Waals surface area contributed by atoms with Crippen molar-refractivity contribution in [2.75, 3.05) is 0 Å². The summed E-state index contributed by atoms with van der Waals surface area (Å²) < 4.78 is 5.99. The zero-order chi connectivity index (χ0) is 12.1. The third kappa shape index (κ3) is 3.33. The van der Waals surface area contributed by atoms with Crippen LogP contribution in [0, 0.1) is 5.92 Å². The number of benzene rings is 1. The molecule has 1 aromatic rings. The Labute approximate surface area is 106 Å². The van der Waals surface area contributed by atoms with Crippen LogP contribution < -0.4 is 4.74 Å². The quantitative estimate of drug-likeness (QED) is 0.828. The van der Waals surface area contributed by atoms with Crippen molar-refractivity contribution < 1.29 is 9.84 Å². The Morgan fingerprint density at radius 2 is 2.00 bits per heavy atom. The van der Waals surface area contributed by atoms with Crippen LogP contribution in [0.2, 0.25) is 6.04 Å². The highest BCUT2D eigenvalue weighted by Gasteiger charge is 2.33. The van der Waals surface area contributed by atoms with Gasteiger partial charge in [-0.2, -0.15) is 0 Å². The Balaban J connectivity index is 2.04. The van der Waals surface area contributed by atoms with Crippen LogP contribution in [-0.4, -0.2) is 27.6 Å². The van der Waals surface area contributed by atoms with Crippen molar-refractivity contribution in [2.45, 2.75) is 43.9 Å². The minimum atomic E-state index is -0.302. The molecule has 1 aliphatic rings. The predicted molar refractivity (Wildman–Crippen MR) is 72.2 cm³/mol. The van der Waals surface area contributed by atoms with E-state index in [1.807, 2.05) is 40.6 Å². The lowest BCUT2D eigenvalue weighted by atomic mass is 9.82. The van der Waals surface area contributed by atoms with Gasteiger partial charge in [0, 0.05) is 5.92 Å². The fourth-order valence-corrected chi connectivity index (χ4v) is 3.16. The maximum atomic E-state index is 10.1. The zero-order valence-corrected chi connectivity index (χ0v) is 11.6. The predicted octanol–water partition coefficient (Wildman–Crippen LogP) is 2.04. The molecule has 0 heterocycles. The number of para-hydroxylation sites is 1. The smallest absolute Gasteiger partial charge is 0.283 e. The summed E-state index contributed by atoms with van der Waals surface area (Å²) in [6, 6.07) is 11.0. The number of aliphatic hydroxyl groups excluding tert-OH is 1. The SMILES string of the molecule is OC1CCCC(CC[SiH2+])C1Oc1ccccc1. The van der Waals surface area contributed by atoms with E-state index in [-0.39, 0.29) is 12.2 Å². The molecule has 92 valence electrons.